The van der Waals surface area contributed by atoms with Gasteiger partial charge in [0.2, 0.25) is 0 Å². The normalized spacial score (nSPS) is 16.2. The number of hydrogen-bond donors (Lipinski definition) is 2. The Bertz CT molecular complexity index is 448. The van der Waals surface area contributed by atoms with Gasteiger partial charge in [0.25, 0.3) is 5.91 Å². The molecule has 0 aliphatic carbocycles. The number of amides is 1. The first-order valence-corrected chi connectivity index (χ1v) is 8.03. The van der Waals surface area contributed by atoms with Crippen LogP contribution in [0.25, 0.3) is 0 Å². The molecule has 1 aliphatic rings. The lowest BCUT2D eigenvalue weighted by Gasteiger charge is -2.19. The smallest absolute Gasteiger partial charge is 0.251 e. The van der Waals surface area contributed by atoms with Gasteiger partial charge in [-0.3, -0.25) is 4.79 Å². The van der Waals surface area contributed by atoms with Crippen molar-refractivity contribution < 1.29 is 4.79 Å². The number of nitrogens with one attached hydrogen (secondary N) is 2. The molecule has 4 nitrogen and oxygen atoms in total. The average Bonchev–Trinajstić information content (AvgIpc) is 3.04. The van der Waals surface area contributed by atoms with Gasteiger partial charge in [-0.05, 0) is 50.1 Å². The van der Waals surface area contributed by atoms with Crippen molar-refractivity contribution in [3.63, 3.8) is 0 Å². The Kier molecular flexibility index (Phi) is 11.1. The van der Waals surface area contributed by atoms with Crippen molar-refractivity contribution in [2.75, 3.05) is 31.6 Å². The molecule has 0 saturated carbocycles. The van der Waals surface area contributed by atoms with E-state index in [9.17, 15) is 4.79 Å². The van der Waals surface area contributed by atoms with E-state index in [1.54, 1.807) is 0 Å². The minimum absolute atomic E-state index is 0. The van der Waals surface area contributed by atoms with E-state index in [1.807, 2.05) is 24.3 Å². The minimum Gasteiger partial charge on any atom is -0.375 e. The van der Waals surface area contributed by atoms with E-state index in [0.29, 0.717) is 6.04 Å². The first-order valence-electron chi connectivity index (χ1n) is 8.03. The Morgan fingerprint density at radius 3 is 2.57 bits per heavy atom. The number of hydrogen-bond acceptors (Lipinski definition) is 3. The van der Waals surface area contributed by atoms with E-state index in [1.165, 1.54) is 19.3 Å². The van der Waals surface area contributed by atoms with Gasteiger partial charge in [0, 0.05) is 37.4 Å². The monoisotopic (exact) mass is 361 g/mol. The zero-order chi connectivity index (χ0) is 15.1. The van der Waals surface area contributed by atoms with Crippen LogP contribution in [0.4, 0.5) is 5.69 Å². The van der Waals surface area contributed by atoms with Crippen molar-refractivity contribution >= 4 is 36.4 Å². The predicted octanol–water partition coefficient (Wildman–Crippen LogP) is 3.25. The molecule has 1 unspecified atom stereocenters. The van der Waals surface area contributed by atoms with Gasteiger partial charge in [-0.1, -0.05) is 13.3 Å². The van der Waals surface area contributed by atoms with Crippen LogP contribution in [0, 0.1) is 0 Å². The summed E-state index contributed by atoms with van der Waals surface area (Å²) in [6.45, 7) is 5.03. The minimum atomic E-state index is 0. The number of anilines is 1. The molecule has 1 aliphatic heterocycles. The summed E-state index contributed by atoms with van der Waals surface area (Å²) in [5, 5.41) is 6.39. The largest absolute Gasteiger partial charge is 0.375 e. The Labute approximate surface area is 152 Å². The summed E-state index contributed by atoms with van der Waals surface area (Å²) in [5.74, 6) is 0.0199. The molecule has 0 radical (unpaired) electrons. The fourth-order valence-corrected chi connectivity index (χ4v) is 2.64. The van der Waals surface area contributed by atoms with E-state index < -0.39 is 0 Å². The second-order valence-corrected chi connectivity index (χ2v) is 5.83. The lowest BCUT2D eigenvalue weighted by atomic mass is 10.1. The molecule has 132 valence electrons. The molecule has 1 aromatic rings. The van der Waals surface area contributed by atoms with Gasteiger partial charge < -0.3 is 15.5 Å². The van der Waals surface area contributed by atoms with E-state index in [4.69, 9.17) is 0 Å². The molecule has 1 aromatic carbocycles. The third-order valence-electron chi connectivity index (χ3n) is 4.09. The van der Waals surface area contributed by atoms with Crippen LogP contribution < -0.4 is 15.5 Å². The maximum absolute atomic E-state index is 12.1. The number of carbonyl (C=O) groups is 1. The number of rotatable bonds is 7. The Balaban J connectivity index is 0.00000242. The number of nitrogens with zero attached hydrogens (tertiary/aromatic N) is 1. The molecular formula is C17H29Cl2N3O. The molecule has 1 atom stereocenters. The number of benzene rings is 1. The fraction of sp³-hybridized carbons (Fsp3) is 0.588. The molecule has 6 heteroatoms. The molecule has 1 heterocycles. The van der Waals surface area contributed by atoms with Gasteiger partial charge in [0.05, 0.1) is 0 Å². The topological polar surface area (TPSA) is 44.4 Å². The number of unbranched alkanes of at least 4 members (excludes halogenated alkanes) is 1. The van der Waals surface area contributed by atoms with Gasteiger partial charge in [0.15, 0.2) is 0 Å². The van der Waals surface area contributed by atoms with Crippen molar-refractivity contribution in [1.82, 2.24) is 10.6 Å². The molecule has 2 rings (SSSR count). The van der Waals surface area contributed by atoms with Crippen molar-refractivity contribution in [2.45, 2.75) is 38.6 Å². The van der Waals surface area contributed by atoms with Crippen LogP contribution in [0.15, 0.2) is 24.3 Å². The third-order valence-corrected chi connectivity index (χ3v) is 4.09. The van der Waals surface area contributed by atoms with Crippen LogP contribution in [0.2, 0.25) is 0 Å². The zero-order valence-corrected chi connectivity index (χ0v) is 15.6. The van der Waals surface area contributed by atoms with Crippen LogP contribution in [0.5, 0.6) is 0 Å². The highest BCUT2D eigenvalue weighted by molar-refractivity contribution is 5.94. The van der Waals surface area contributed by atoms with Crippen molar-refractivity contribution in [3.8, 4) is 0 Å². The van der Waals surface area contributed by atoms with Crippen molar-refractivity contribution in [1.29, 1.82) is 0 Å². The summed E-state index contributed by atoms with van der Waals surface area (Å²) < 4.78 is 0. The summed E-state index contributed by atoms with van der Waals surface area (Å²) in [4.78, 5) is 14.3. The molecular weight excluding hydrogens is 333 g/mol. The Morgan fingerprint density at radius 2 is 2.00 bits per heavy atom. The molecule has 1 saturated heterocycles. The molecule has 1 amide bonds. The number of carbonyl (C=O) groups excluding carboxylic acids is 1. The molecule has 1 fully saturated rings. The predicted molar refractivity (Wildman–Crippen MR) is 102 cm³/mol. The Morgan fingerprint density at radius 1 is 1.30 bits per heavy atom. The second-order valence-electron chi connectivity index (χ2n) is 5.83. The number of halogens is 2. The van der Waals surface area contributed by atoms with Gasteiger partial charge in [-0.2, -0.15) is 0 Å². The zero-order valence-electron chi connectivity index (χ0n) is 14.0. The lowest BCUT2D eigenvalue weighted by molar-refractivity contribution is 0.0950. The second kappa shape index (κ2) is 11.5. The third kappa shape index (κ3) is 6.98. The summed E-state index contributed by atoms with van der Waals surface area (Å²) in [6, 6.07) is 8.31. The van der Waals surface area contributed by atoms with Gasteiger partial charge in [0.1, 0.15) is 0 Å². The van der Waals surface area contributed by atoms with E-state index >= 15 is 0 Å². The quantitative estimate of drug-likeness (QED) is 0.783. The summed E-state index contributed by atoms with van der Waals surface area (Å²) >= 11 is 0. The maximum Gasteiger partial charge on any atom is 0.251 e. The first-order chi connectivity index (χ1) is 10.2. The lowest BCUT2D eigenvalue weighted by Crippen LogP contribution is -2.37. The SMILES string of the molecule is CCCCN(C)c1ccc(C(=O)NCC2CCCN2)cc1.Cl.Cl. The standard InChI is InChI=1S/C17H27N3O.2ClH/c1-3-4-12-20(2)16-9-7-14(8-10-16)17(21)19-13-15-6-5-11-18-15;;/h7-10,15,18H,3-6,11-13H2,1-2H3,(H,19,21);2*1H. The van der Waals surface area contributed by atoms with Gasteiger partial charge in [-0.15, -0.1) is 24.8 Å². The van der Waals surface area contributed by atoms with Gasteiger partial charge >= 0.3 is 0 Å². The van der Waals surface area contributed by atoms with Gasteiger partial charge in [-0.25, -0.2) is 0 Å². The van der Waals surface area contributed by atoms with Crippen LogP contribution in [0.3, 0.4) is 0 Å². The van der Waals surface area contributed by atoms with E-state index in [0.717, 1.165) is 37.3 Å². The highest BCUT2D eigenvalue weighted by Gasteiger charge is 2.15. The van der Waals surface area contributed by atoms with Crippen molar-refractivity contribution in [3.05, 3.63) is 29.8 Å². The van der Waals surface area contributed by atoms with Crippen LogP contribution in [0.1, 0.15) is 43.0 Å². The van der Waals surface area contributed by atoms with Crippen LogP contribution >= 0.6 is 24.8 Å². The highest BCUT2D eigenvalue weighted by Crippen LogP contribution is 2.14. The molecule has 0 aromatic heterocycles. The molecule has 0 spiro atoms. The van der Waals surface area contributed by atoms with Crippen LogP contribution in [-0.4, -0.2) is 38.6 Å². The molecule has 0 bridgehead atoms. The van der Waals surface area contributed by atoms with Crippen LogP contribution in [-0.2, 0) is 0 Å². The molecule has 2 N–H and O–H groups in total. The van der Waals surface area contributed by atoms with E-state index in [-0.39, 0.29) is 30.7 Å². The summed E-state index contributed by atoms with van der Waals surface area (Å²) in [6.07, 6.45) is 4.74. The summed E-state index contributed by atoms with van der Waals surface area (Å²) in [5.41, 5.74) is 1.90. The summed E-state index contributed by atoms with van der Waals surface area (Å²) in [7, 11) is 2.09. The fourth-order valence-electron chi connectivity index (χ4n) is 2.64. The average molecular weight is 362 g/mol. The van der Waals surface area contributed by atoms with E-state index in [2.05, 4.69) is 29.5 Å². The maximum atomic E-state index is 12.1. The Hall–Kier alpha value is -0.970. The highest BCUT2D eigenvalue weighted by atomic mass is 35.5. The molecule has 23 heavy (non-hydrogen) atoms. The van der Waals surface area contributed by atoms with Crippen molar-refractivity contribution in [2.24, 2.45) is 0 Å². The first kappa shape index (κ1) is 22.0.